The molecule has 0 spiro atoms. The van der Waals surface area contributed by atoms with Gasteiger partial charge in [0.1, 0.15) is 6.54 Å². The second-order valence-corrected chi connectivity index (χ2v) is 11.3. The number of urea groups is 1. The van der Waals surface area contributed by atoms with E-state index < -0.39 is 0 Å². The van der Waals surface area contributed by atoms with Crippen molar-refractivity contribution < 1.29 is 9.59 Å². The van der Waals surface area contributed by atoms with Gasteiger partial charge in [-0.15, -0.1) is 0 Å². The lowest BCUT2D eigenvalue weighted by atomic mass is 9.94. The fraction of sp³-hybridized carbons (Fsp3) is 0.455. The van der Waals surface area contributed by atoms with Gasteiger partial charge in [-0.1, -0.05) is 75.0 Å². The standard InChI is InChI=1S/C33H43ClN4O2/c1-4-25(3)37(33(40)35-28-19-17-26(5-2)18-20-28)24-32(39)38(29-13-7-6-8-14-29)23-30-15-11-21-36(30)22-27-12-9-10-16-31(27)34/h9-12,15-21,25,29H,4-8,13-14,22-24H2,1-3H3,(H,35,40). The van der Waals surface area contributed by atoms with Crippen LogP contribution in [0.5, 0.6) is 0 Å². The van der Waals surface area contributed by atoms with Gasteiger partial charge in [0.25, 0.3) is 0 Å². The number of nitrogens with one attached hydrogen (secondary N) is 1. The van der Waals surface area contributed by atoms with E-state index >= 15 is 0 Å². The van der Waals surface area contributed by atoms with Crippen molar-refractivity contribution in [2.75, 3.05) is 11.9 Å². The number of nitrogens with zero attached hydrogens (tertiary/aromatic N) is 3. The normalized spacial score (nSPS) is 14.5. The predicted octanol–water partition coefficient (Wildman–Crippen LogP) is 7.75. The van der Waals surface area contributed by atoms with Gasteiger partial charge in [0.05, 0.1) is 6.54 Å². The molecule has 0 aliphatic heterocycles. The Hall–Kier alpha value is -3.25. The van der Waals surface area contributed by atoms with Gasteiger partial charge in [-0.05, 0) is 74.1 Å². The Morgan fingerprint density at radius 1 is 1.00 bits per heavy atom. The summed E-state index contributed by atoms with van der Waals surface area (Å²) in [5.74, 6) is -0.00539. The van der Waals surface area contributed by atoms with Gasteiger partial charge in [-0.3, -0.25) is 4.79 Å². The average molecular weight is 563 g/mol. The summed E-state index contributed by atoms with van der Waals surface area (Å²) in [6, 6.07) is 19.7. The maximum atomic E-state index is 14.0. The van der Waals surface area contributed by atoms with Gasteiger partial charge in [0.2, 0.25) is 5.91 Å². The van der Waals surface area contributed by atoms with E-state index in [1.54, 1.807) is 4.90 Å². The quantitative estimate of drug-likeness (QED) is 0.260. The average Bonchev–Trinajstić information content (AvgIpc) is 3.42. The van der Waals surface area contributed by atoms with Crippen LogP contribution in [0.4, 0.5) is 10.5 Å². The van der Waals surface area contributed by atoms with Crippen LogP contribution in [-0.4, -0.2) is 44.9 Å². The zero-order valence-electron chi connectivity index (χ0n) is 24.1. The highest BCUT2D eigenvalue weighted by Gasteiger charge is 2.30. The molecule has 7 heteroatoms. The third-order valence-electron chi connectivity index (χ3n) is 8.19. The number of carbonyl (C=O) groups is 2. The molecule has 1 fully saturated rings. The molecule has 1 heterocycles. The van der Waals surface area contributed by atoms with Crippen LogP contribution in [0.3, 0.4) is 0 Å². The highest BCUT2D eigenvalue weighted by molar-refractivity contribution is 6.31. The summed E-state index contributed by atoms with van der Waals surface area (Å²) in [7, 11) is 0. The van der Waals surface area contributed by atoms with Crippen molar-refractivity contribution in [2.24, 2.45) is 0 Å². The third-order valence-corrected chi connectivity index (χ3v) is 8.56. The van der Waals surface area contributed by atoms with E-state index in [1.807, 2.05) is 79.5 Å². The smallest absolute Gasteiger partial charge is 0.322 e. The molecule has 2 aromatic carbocycles. The summed E-state index contributed by atoms with van der Waals surface area (Å²) in [6.45, 7) is 7.37. The molecule has 6 nitrogen and oxygen atoms in total. The van der Waals surface area contributed by atoms with Crippen molar-refractivity contribution in [1.29, 1.82) is 0 Å². The monoisotopic (exact) mass is 562 g/mol. The minimum atomic E-state index is -0.238. The third kappa shape index (κ3) is 7.69. The molecular weight excluding hydrogens is 520 g/mol. The first-order chi connectivity index (χ1) is 19.4. The Labute approximate surface area is 244 Å². The molecule has 3 aromatic rings. The molecule has 0 radical (unpaired) electrons. The van der Waals surface area contributed by atoms with Crippen molar-refractivity contribution in [3.05, 3.63) is 88.7 Å². The summed E-state index contributed by atoms with van der Waals surface area (Å²) in [5, 5.41) is 3.76. The zero-order chi connectivity index (χ0) is 28.5. The van der Waals surface area contributed by atoms with E-state index in [2.05, 4.69) is 22.9 Å². The van der Waals surface area contributed by atoms with Gasteiger partial charge < -0.3 is 19.7 Å². The van der Waals surface area contributed by atoms with Crippen LogP contribution < -0.4 is 5.32 Å². The van der Waals surface area contributed by atoms with Gasteiger partial charge in [0.15, 0.2) is 0 Å². The summed E-state index contributed by atoms with van der Waals surface area (Å²) in [6.07, 6.45) is 9.20. The van der Waals surface area contributed by atoms with Crippen LogP contribution in [0.2, 0.25) is 5.02 Å². The van der Waals surface area contributed by atoms with Crippen molar-refractivity contribution in [1.82, 2.24) is 14.4 Å². The molecule has 3 amide bonds. The molecule has 1 saturated carbocycles. The van der Waals surface area contributed by atoms with E-state index in [0.29, 0.717) is 13.1 Å². The highest BCUT2D eigenvalue weighted by atomic mass is 35.5. The van der Waals surface area contributed by atoms with Crippen molar-refractivity contribution in [2.45, 2.75) is 90.9 Å². The lowest BCUT2D eigenvalue weighted by Crippen LogP contribution is -2.50. The summed E-state index contributed by atoms with van der Waals surface area (Å²) in [4.78, 5) is 31.2. The SMILES string of the molecule is CCc1ccc(NC(=O)N(CC(=O)N(Cc2cccn2Cc2ccccc2Cl)C2CCCCC2)C(C)CC)cc1. The zero-order valence-corrected chi connectivity index (χ0v) is 24.9. The van der Waals surface area contributed by atoms with Gasteiger partial charge in [-0.25, -0.2) is 4.79 Å². The van der Waals surface area contributed by atoms with Crippen molar-refractivity contribution >= 4 is 29.2 Å². The number of amides is 3. The fourth-order valence-corrected chi connectivity index (χ4v) is 5.64. The van der Waals surface area contributed by atoms with Crippen LogP contribution in [0, 0.1) is 0 Å². The van der Waals surface area contributed by atoms with Crippen molar-refractivity contribution in [3.8, 4) is 0 Å². The van der Waals surface area contributed by atoms with Crippen LogP contribution in [0.25, 0.3) is 0 Å². The van der Waals surface area contributed by atoms with E-state index in [4.69, 9.17) is 11.6 Å². The maximum absolute atomic E-state index is 14.0. The van der Waals surface area contributed by atoms with Crippen LogP contribution >= 0.6 is 11.6 Å². The molecule has 40 heavy (non-hydrogen) atoms. The number of hydrogen-bond donors (Lipinski definition) is 1. The van der Waals surface area contributed by atoms with Gasteiger partial charge in [0, 0.05) is 41.2 Å². The summed E-state index contributed by atoms with van der Waals surface area (Å²) < 4.78 is 2.17. The molecule has 214 valence electrons. The first kappa shape index (κ1) is 29.7. The van der Waals surface area contributed by atoms with E-state index in [0.717, 1.165) is 60.5 Å². The minimum absolute atomic E-state index is 0.00539. The number of carbonyl (C=O) groups excluding carboxylic acids is 2. The molecule has 1 unspecified atom stereocenters. The first-order valence-corrected chi connectivity index (χ1v) is 15.1. The Morgan fingerprint density at radius 3 is 2.40 bits per heavy atom. The number of halogens is 1. The van der Waals surface area contributed by atoms with E-state index in [-0.39, 0.29) is 30.6 Å². The molecule has 0 saturated heterocycles. The Balaban J connectivity index is 1.53. The summed E-state index contributed by atoms with van der Waals surface area (Å²) >= 11 is 6.45. The largest absolute Gasteiger partial charge is 0.345 e. The highest BCUT2D eigenvalue weighted by Crippen LogP contribution is 2.26. The second kappa shape index (κ2) is 14.4. The van der Waals surface area contributed by atoms with Crippen LogP contribution in [0.1, 0.15) is 76.1 Å². The number of anilines is 1. The molecule has 1 aliphatic carbocycles. The number of aromatic nitrogens is 1. The van der Waals surface area contributed by atoms with E-state index in [9.17, 15) is 9.59 Å². The molecule has 1 atom stereocenters. The Morgan fingerprint density at radius 2 is 1.73 bits per heavy atom. The summed E-state index contributed by atoms with van der Waals surface area (Å²) in [5.41, 5.74) is 4.07. The first-order valence-electron chi connectivity index (χ1n) is 14.7. The Kier molecular flexibility index (Phi) is 10.7. The van der Waals surface area contributed by atoms with Crippen molar-refractivity contribution in [3.63, 3.8) is 0 Å². The maximum Gasteiger partial charge on any atom is 0.322 e. The molecular formula is C33H43ClN4O2. The number of benzene rings is 2. The molecule has 0 bridgehead atoms. The van der Waals surface area contributed by atoms with Crippen LogP contribution in [0.15, 0.2) is 66.9 Å². The lowest BCUT2D eigenvalue weighted by molar-refractivity contribution is -0.136. The number of hydrogen-bond acceptors (Lipinski definition) is 2. The Bertz CT molecular complexity index is 1250. The second-order valence-electron chi connectivity index (χ2n) is 10.9. The topological polar surface area (TPSA) is 57.6 Å². The van der Waals surface area contributed by atoms with Crippen LogP contribution in [-0.2, 0) is 24.3 Å². The van der Waals surface area contributed by atoms with E-state index in [1.165, 1.54) is 12.0 Å². The number of aryl methyl sites for hydroxylation is 1. The molecule has 4 rings (SSSR count). The minimum Gasteiger partial charge on any atom is -0.345 e. The molecule has 1 aromatic heterocycles. The molecule has 1 aliphatic rings. The fourth-order valence-electron chi connectivity index (χ4n) is 5.45. The predicted molar refractivity (Wildman–Crippen MR) is 164 cm³/mol. The molecule has 1 N–H and O–H groups in total. The van der Waals surface area contributed by atoms with Gasteiger partial charge in [-0.2, -0.15) is 0 Å². The number of rotatable bonds is 11. The lowest BCUT2D eigenvalue weighted by Gasteiger charge is -2.37. The van der Waals surface area contributed by atoms with Gasteiger partial charge >= 0.3 is 6.03 Å².